The molecular weight excluding hydrogens is 282 g/mol. The van der Waals surface area contributed by atoms with Gasteiger partial charge >= 0.3 is 5.69 Å². The normalized spacial score (nSPS) is 10.6. The van der Waals surface area contributed by atoms with E-state index in [9.17, 15) is 4.79 Å². The molecule has 112 valence electrons. The number of aromatic nitrogens is 5. The molecule has 2 heterocycles. The second kappa shape index (κ2) is 5.80. The number of aryl methyl sites for hydroxylation is 2. The van der Waals surface area contributed by atoms with Crippen molar-refractivity contribution in [2.75, 3.05) is 0 Å². The molecule has 0 saturated carbocycles. The third-order valence-electron chi connectivity index (χ3n) is 3.34. The summed E-state index contributed by atoms with van der Waals surface area (Å²) < 4.78 is 8.15. The molecule has 2 aromatic heterocycles. The van der Waals surface area contributed by atoms with Gasteiger partial charge < -0.3 is 4.74 Å². The quantitative estimate of drug-likeness (QED) is 0.724. The van der Waals surface area contributed by atoms with E-state index in [1.54, 1.807) is 19.3 Å². The first kappa shape index (κ1) is 14.0. The fourth-order valence-corrected chi connectivity index (χ4v) is 2.12. The van der Waals surface area contributed by atoms with Gasteiger partial charge in [0, 0.05) is 24.9 Å². The molecule has 0 atom stereocenters. The molecule has 0 fully saturated rings. The van der Waals surface area contributed by atoms with E-state index in [2.05, 4.69) is 15.4 Å². The standard InChI is InChI=1S/C15H15N5O2/c1-11-6-5-7-13(20-15(21)19(2)17-18-20)12(11)10-22-14-8-3-4-9-16-14/h3-9H,10H2,1-2H3. The Kier molecular flexibility index (Phi) is 3.69. The molecule has 0 saturated heterocycles. The lowest BCUT2D eigenvalue weighted by Crippen LogP contribution is -2.23. The van der Waals surface area contributed by atoms with Crippen LogP contribution in [0.3, 0.4) is 0 Å². The molecule has 0 bridgehead atoms. The molecule has 0 radical (unpaired) electrons. The molecule has 3 rings (SSSR count). The van der Waals surface area contributed by atoms with Crippen LogP contribution >= 0.6 is 0 Å². The zero-order valence-electron chi connectivity index (χ0n) is 12.3. The van der Waals surface area contributed by atoms with Crippen molar-refractivity contribution in [3.05, 3.63) is 64.2 Å². The van der Waals surface area contributed by atoms with Crippen molar-refractivity contribution in [3.8, 4) is 11.6 Å². The van der Waals surface area contributed by atoms with Gasteiger partial charge in [0.05, 0.1) is 5.69 Å². The Bertz CT molecular complexity index is 839. The van der Waals surface area contributed by atoms with Gasteiger partial charge in [-0.25, -0.2) is 9.78 Å². The van der Waals surface area contributed by atoms with Gasteiger partial charge in [-0.15, -0.1) is 0 Å². The largest absolute Gasteiger partial charge is 0.473 e. The number of nitrogens with zero attached hydrogens (tertiary/aromatic N) is 5. The highest BCUT2D eigenvalue weighted by molar-refractivity contribution is 5.44. The van der Waals surface area contributed by atoms with E-state index < -0.39 is 0 Å². The minimum absolute atomic E-state index is 0.294. The third-order valence-corrected chi connectivity index (χ3v) is 3.34. The number of ether oxygens (including phenoxy) is 1. The van der Waals surface area contributed by atoms with Crippen LogP contribution in [0.2, 0.25) is 0 Å². The first-order chi connectivity index (χ1) is 10.7. The fourth-order valence-electron chi connectivity index (χ4n) is 2.12. The molecule has 0 aliphatic heterocycles. The van der Waals surface area contributed by atoms with Crippen molar-refractivity contribution >= 4 is 0 Å². The Balaban J connectivity index is 1.97. The van der Waals surface area contributed by atoms with Crippen LogP contribution < -0.4 is 10.4 Å². The Labute approximate surface area is 126 Å². The zero-order chi connectivity index (χ0) is 15.5. The number of pyridine rings is 1. The van der Waals surface area contributed by atoms with Crippen molar-refractivity contribution in [1.29, 1.82) is 0 Å². The number of hydrogen-bond acceptors (Lipinski definition) is 5. The fraction of sp³-hybridized carbons (Fsp3) is 0.200. The summed E-state index contributed by atoms with van der Waals surface area (Å²) in [6.45, 7) is 2.25. The van der Waals surface area contributed by atoms with E-state index in [1.165, 1.54) is 9.36 Å². The molecule has 0 aliphatic rings. The van der Waals surface area contributed by atoms with Crippen LogP contribution in [-0.4, -0.2) is 24.8 Å². The zero-order valence-corrected chi connectivity index (χ0v) is 12.3. The Morgan fingerprint density at radius 1 is 1.14 bits per heavy atom. The van der Waals surface area contributed by atoms with Crippen molar-refractivity contribution in [2.45, 2.75) is 13.5 Å². The summed E-state index contributed by atoms with van der Waals surface area (Å²) in [5, 5.41) is 7.63. The molecule has 7 heteroatoms. The third kappa shape index (κ3) is 2.60. The second-order valence-electron chi connectivity index (χ2n) is 4.83. The summed E-state index contributed by atoms with van der Waals surface area (Å²) in [6.07, 6.45) is 1.67. The molecule has 3 aromatic rings. The Hall–Kier alpha value is -2.96. The maximum absolute atomic E-state index is 12.1. The Morgan fingerprint density at radius 3 is 2.68 bits per heavy atom. The van der Waals surface area contributed by atoms with Gasteiger partial charge in [0.1, 0.15) is 6.61 Å². The van der Waals surface area contributed by atoms with Crippen LogP contribution in [0.25, 0.3) is 5.69 Å². The Morgan fingerprint density at radius 2 is 2.00 bits per heavy atom. The molecule has 0 unspecified atom stereocenters. The minimum Gasteiger partial charge on any atom is -0.473 e. The first-order valence-corrected chi connectivity index (χ1v) is 6.78. The second-order valence-corrected chi connectivity index (χ2v) is 4.83. The number of tetrazole rings is 1. The van der Waals surface area contributed by atoms with Gasteiger partial charge in [-0.1, -0.05) is 18.2 Å². The van der Waals surface area contributed by atoms with Gasteiger partial charge in [0.15, 0.2) is 0 Å². The highest BCUT2D eigenvalue weighted by atomic mass is 16.5. The summed E-state index contributed by atoms with van der Waals surface area (Å²) >= 11 is 0. The van der Waals surface area contributed by atoms with Gasteiger partial charge in [0.25, 0.3) is 0 Å². The summed E-state index contributed by atoms with van der Waals surface area (Å²) in [7, 11) is 1.56. The number of hydrogen-bond donors (Lipinski definition) is 0. The van der Waals surface area contributed by atoms with Crippen LogP contribution in [-0.2, 0) is 13.7 Å². The van der Waals surface area contributed by atoms with Crippen LogP contribution in [0.4, 0.5) is 0 Å². The maximum Gasteiger partial charge on any atom is 0.368 e. The monoisotopic (exact) mass is 297 g/mol. The van der Waals surface area contributed by atoms with Crippen molar-refractivity contribution in [3.63, 3.8) is 0 Å². The first-order valence-electron chi connectivity index (χ1n) is 6.78. The highest BCUT2D eigenvalue weighted by Gasteiger charge is 2.13. The van der Waals surface area contributed by atoms with E-state index in [1.807, 2.05) is 37.3 Å². The van der Waals surface area contributed by atoms with E-state index in [-0.39, 0.29) is 5.69 Å². The minimum atomic E-state index is -0.301. The van der Waals surface area contributed by atoms with Crippen LogP contribution in [0.5, 0.6) is 5.88 Å². The molecule has 22 heavy (non-hydrogen) atoms. The van der Waals surface area contributed by atoms with E-state index in [4.69, 9.17) is 4.74 Å². The van der Waals surface area contributed by atoms with E-state index >= 15 is 0 Å². The van der Waals surface area contributed by atoms with Crippen molar-refractivity contribution in [2.24, 2.45) is 7.05 Å². The molecule has 7 nitrogen and oxygen atoms in total. The van der Waals surface area contributed by atoms with E-state index in [0.717, 1.165) is 11.1 Å². The average Bonchev–Trinajstić information content (AvgIpc) is 2.86. The summed E-state index contributed by atoms with van der Waals surface area (Å²) in [6, 6.07) is 11.1. The van der Waals surface area contributed by atoms with Crippen molar-refractivity contribution in [1.82, 2.24) is 24.8 Å². The molecule has 0 N–H and O–H groups in total. The summed E-state index contributed by atoms with van der Waals surface area (Å²) in [5.74, 6) is 0.531. The molecule has 0 aliphatic carbocycles. The van der Waals surface area contributed by atoms with E-state index in [0.29, 0.717) is 18.2 Å². The topological polar surface area (TPSA) is 74.8 Å². The van der Waals surface area contributed by atoms with Crippen LogP contribution in [0.15, 0.2) is 47.4 Å². The SMILES string of the molecule is Cc1cccc(-n2nnn(C)c2=O)c1COc1ccccn1. The molecular formula is C15H15N5O2. The summed E-state index contributed by atoms with van der Waals surface area (Å²) in [4.78, 5) is 16.2. The molecule has 1 aromatic carbocycles. The lowest BCUT2D eigenvalue weighted by atomic mass is 10.1. The predicted octanol–water partition coefficient (Wildman–Crippen LogP) is 1.25. The number of rotatable bonds is 4. The van der Waals surface area contributed by atoms with Gasteiger partial charge in [0.2, 0.25) is 5.88 Å². The highest BCUT2D eigenvalue weighted by Crippen LogP contribution is 2.18. The van der Waals surface area contributed by atoms with Crippen LogP contribution in [0, 0.1) is 6.92 Å². The maximum atomic E-state index is 12.1. The van der Waals surface area contributed by atoms with Gasteiger partial charge in [-0.05, 0) is 35.0 Å². The average molecular weight is 297 g/mol. The number of benzene rings is 1. The lowest BCUT2D eigenvalue weighted by Gasteiger charge is -2.12. The summed E-state index contributed by atoms with van der Waals surface area (Å²) in [5.41, 5.74) is 2.24. The smallest absolute Gasteiger partial charge is 0.368 e. The molecule has 0 spiro atoms. The van der Waals surface area contributed by atoms with Gasteiger partial charge in [-0.3, -0.25) is 0 Å². The lowest BCUT2D eigenvalue weighted by molar-refractivity contribution is 0.292. The van der Waals surface area contributed by atoms with Crippen molar-refractivity contribution < 1.29 is 4.74 Å². The van der Waals surface area contributed by atoms with Crippen LogP contribution in [0.1, 0.15) is 11.1 Å². The van der Waals surface area contributed by atoms with Gasteiger partial charge in [-0.2, -0.15) is 9.36 Å². The molecule has 0 amide bonds. The predicted molar refractivity (Wildman–Crippen MR) is 79.9 cm³/mol.